The molecule has 2 aromatic rings. The van der Waals surface area contributed by atoms with Crippen molar-refractivity contribution in [3.05, 3.63) is 84.4 Å². The molecule has 5 saturated carbocycles. The predicted molar refractivity (Wildman–Crippen MR) is 190 cm³/mol. The van der Waals surface area contributed by atoms with Crippen LogP contribution in [0.2, 0.25) is 0 Å². The molecule has 2 aromatic carbocycles. The van der Waals surface area contributed by atoms with Crippen LogP contribution in [0, 0.1) is 51.2 Å². The zero-order chi connectivity index (χ0) is 34.6. The van der Waals surface area contributed by atoms with Gasteiger partial charge >= 0.3 is 5.97 Å². The molecule has 8 rings (SSSR count). The van der Waals surface area contributed by atoms with Gasteiger partial charge in [0.15, 0.2) is 12.4 Å². The summed E-state index contributed by atoms with van der Waals surface area (Å²) in [5.74, 6) is 1.08. The third-order valence-corrected chi connectivity index (χ3v) is 14.4. The van der Waals surface area contributed by atoms with Crippen LogP contribution in [0.25, 0.3) is 0 Å². The van der Waals surface area contributed by atoms with Crippen LogP contribution in [0.4, 0.5) is 0 Å². The number of esters is 1. The van der Waals surface area contributed by atoms with Crippen LogP contribution in [-0.4, -0.2) is 49.4 Å². The monoisotopic (exact) mass is 670 g/mol. The molecule has 5 aliphatic carbocycles. The zero-order valence-corrected chi connectivity index (χ0v) is 30.3. The smallest absolute Gasteiger partial charge is 0.314 e. The van der Waals surface area contributed by atoms with Gasteiger partial charge in [-0.05, 0) is 78.2 Å². The van der Waals surface area contributed by atoms with Crippen molar-refractivity contribution >= 4 is 5.97 Å². The Morgan fingerprint density at radius 2 is 1.65 bits per heavy atom. The number of aliphatic hydroxyl groups is 1. The topological polar surface area (TPSA) is 74.2 Å². The van der Waals surface area contributed by atoms with E-state index in [0.717, 1.165) is 49.7 Å². The first kappa shape index (κ1) is 34.9. The Morgan fingerprint density at radius 3 is 2.22 bits per heavy atom. The molecule has 49 heavy (non-hydrogen) atoms. The molecule has 0 spiro atoms. The zero-order valence-electron chi connectivity index (χ0n) is 30.3. The summed E-state index contributed by atoms with van der Waals surface area (Å²) in [6, 6.07) is 20.3. The second kappa shape index (κ2) is 13.2. The van der Waals surface area contributed by atoms with Gasteiger partial charge in [0.1, 0.15) is 0 Å². The summed E-state index contributed by atoms with van der Waals surface area (Å²) in [7, 11) is 0. The van der Waals surface area contributed by atoms with Crippen molar-refractivity contribution in [3.8, 4) is 0 Å². The quantitative estimate of drug-likeness (QED) is 0.170. The van der Waals surface area contributed by atoms with Gasteiger partial charge in [0.05, 0.1) is 30.8 Å². The van der Waals surface area contributed by atoms with Crippen molar-refractivity contribution < 1.29 is 28.8 Å². The Bertz CT molecular complexity index is 1430. The van der Waals surface area contributed by atoms with E-state index < -0.39 is 40.2 Å². The normalized spacial score (nSPS) is 37.8. The van der Waals surface area contributed by atoms with Gasteiger partial charge in [0, 0.05) is 23.9 Å². The number of hydrogen-bond donors (Lipinski definition) is 1. The minimum Gasteiger partial charge on any atom is -0.452 e. The summed E-state index contributed by atoms with van der Waals surface area (Å²) in [6.45, 7) is 17.1. The standard InChI is InChI=1S/C43H58O6/c1-7-21-46-32(8-2)24-36(44)41-25-33-29(5)19-20-34(33)42(39-47-22-23-48-39)27-40(41,6)43(42,35(26-41)28(3)4)38(45)49-37(30-15-11-9-12-16-30)31-17-13-10-14-18-31/h8-18,28-29,32-37,39,44H,2,7,19-27H2,1,3-6H3/t29-,32?,33-,34-,35?,36-,40?,41?,42+,43?/m1/s1. The number of benzene rings is 2. The molecule has 1 heterocycles. The van der Waals surface area contributed by atoms with Gasteiger partial charge < -0.3 is 24.1 Å². The molecule has 4 bridgehead atoms. The number of aliphatic hydroxyl groups excluding tert-OH is 1. The Morgan fingerprint density at radius 1 is 1.02 bits per heavy atom. The fourth-order valence-corrected chi connectivity index (χ4v) is 12.5. The molecule has 0 aromatic heterocycles. The minimum atomic E-state index is -0.913. The maximum Gasteiger partial charge on any atom is 0.314 e. The van der Waals surface area contributed by atoms with Crippen molar-refractivity contribution in [3.63, 3.8) is 0 Å². The number of rotatable bonds is 13. The van der Waals surface area contributed by atoms with Crippen LogP contribution < -0.4 is 0 Å². The molecule has 5 unspecified atom stereocenters. The Hall–Kier alpha value is -2.51. The SMILES string of the molecule is C=CC(C[C@@H](O)C12CC(C(C)C)C3(C(=O)OC(c4ccccc4)c4ccccc4)C1(C)C[C@@]3(C1OCCO1)[C@@H]1CC[C@@H](C)[C@H]1C2)OCCC. The van der Waals surface area contributed by atoms with Gasteiger partial charge in [-0.25, -0.2) is 0 Å². The summed E-state index contributed by atoms with van der Waals surface area (Å²) in [5, 5.41) is 12.8. The van der Waals surface area contributed by atoms with E-state index in [2.05, 4.69) is 65.5 Å². The van der Waals surface area contributed by atoms with Gasteiger partial charge in [-0.1, -0.05) is 108 Å². The van der Waals surface area contributed by atoms with E-state index in [9.17, 15) is 5.11 Å². The van der Waals surface area contributed by atoms with Gasteiger partial charge in [-0.2, -0.15) is 0 Å². The van der Waals surface area contributed by atoms with Gasteiger partial charge in [-0.15, -0.1) is 6.58 Å². The number of ether oxygens (including phenoxy) is 4. The van der Waals surface area contributed by atoms with Crippen molar-refractivity contribution in [2.24, 2.45) is 51.2 Å². The molecule has 0 radical (unpaired) electrons. The van der Waals surface area contributed by atoms with Crippen LogP contribution in [0.3, 0.4) is 0 Å². The number of carbonyl (C=O) groups is 1. The molecular formula is C43H58O6. The van der Waals surface area contributed by atoms with E-state index in [-0.39, 0.29) is 29.8 Å². The Labute approximate surface area is 293 Å². The first-order valence-electron chi connectivity index (χ1n) is 19.1. The van der Waals surface area contributed by atoms with Gasteiger partial charge in [0.2, 0.25) is 0 Å². The lowest BCUT2D eigenvalue weighted by molar-refractivity contribution is -0.335. The lowest BCUT2D eigenvalue weighted by atomic mass is 9.30. The highest BCUT2D eigenvalue weighted by atomic mass is 16.7. The fourth-order valence-electron chi connectivity index (χ4n) is 12.5. The minimum absolute atomic E-state index is 0.0241. The molecule has 6 heteroatoms. The molecule has 6 aliphatic rings. The largest absolute Gasteiger partial charge is 0.452 e. The lowest BCUT2D eigenvalue weighted by Crippen LogP contribution is -2.77. The first-order valence-corrected chi connectivity index (χ1v) is 19.1. The average molecular weight is 671 g/mol. The van der Waals surface area contributed by atoms with Crippen LogP contribution in [0.1, 0.15) is 96.8 Å². The summed E-state index contributed by atoms with van der Waals surface area (Å²) in [6.07, 6.45) is 5.86. The van der Waals surface area contributed by atoms with E-state index in [1.165, 1.54) is 0 Å². The summed E-state index contributed by atoms with van der Waals surface area (Å²) < 4.78 is 26.5. The molecule has 0 amide bonds. The lowest BCUT2D eigenvalue weighted by Gasteiger charge is -2.72. The second-order valence-electron chi connectivity index (χ2n) is 16.7. The third kappa shape index (κ3) is 4.90. The third-order valence-electron chi connectivity index (χ3n) is 14.4. The molecule has 1 saturated heterocycles. The highest BCUT2D eigenvalue weighted by Gasteiger charge is 2.92. The van der Waals surface area contributed by atoms with E-state index in [4.69, 9.17) is 18.9 Å². The maximum absolute atomic E-state index is 16.0. The van der Waals surface area contributed by atoms with Gasteiger partial charge in [-0.3, -0.25) is 4.79 Å². The van der Waals surface area contributed by atoms with Crippen LogP contribution in [0.5, 0.6) is 0 Å². The van der Waals surface area contributed by atoms with E-state index in [1.807, 2.05) is 42.5 Å². The maximum atomic E-state index is 16.0. The van der Waals surface area contributed by atoms with Crippen molar-refractivity contribution in [2.45, 2.75) is 104 Å². The summed E-state index contributed by atoms with van der Waals surface area (Å²) in [4.78, 5) is 16.0. The average Bonchev–Trinajstić information content (AvgIpc) is 3.78. The summed E-state index contributed by atoms with van der Waals surface area (Å²) in [5.41, 5.74) is -0.609. The first-order chi connectivity index (χ1) is 23.6. The second-order valence-corrected chi connectivity index (χ2v) is 16.7. The number of carbonyl (C=O) groups excluding carboxylic acids is 1. The van der Waals surface area contributed by atoms with E-state index >= 15 is 4.79 Å². The number of hydrogen-bond acceptors (Lipinski definition) is 6. The molecule has 6 nitrogen and oxygen atoms in total. The van der Waals surface area contributed by atoms with Crippen LogP contribution in [0.15, 0.2) is 73.3 Å². The molecule has 266 valence electrons. The highest BCUT2D eigenvalue weighted by Crippen LogP contribution is 2.91. The molecule has 1 N–H and O–H groups in total. The van der Waals surface area contributed by atoms with Crippen LogP contribution in [-0.2, 0) is 23.7 Å². The van der Waals surface area contributed by atoms with Crippen molar-refractivity contribution in [1.29, 1.82) is 0 Å². The van der Waals surface area contributed by atoms with Crippen molar-refractivity contribution in [2.75, 3.05) is 19.8 Å². The Kier molecular flexibility index (Phi) is 9.43. The van der Waals surface area contributed by atoms with Gasteiger partial charge in [0.25, 0.3) is 0 Å². The van der Waals surface area contributed by atoms with Crippen molar-refractivity contribution in [1.82, 2.24) is 0 Å². The Balaban J connectivity index is 1.42. The molecule has 6 fully saturated rings. The van der Waals surface area contributed by atoms with E-state index in [0.29, 0.717) is 38.1 Å². The molecule has 10 atom stereocenters. The molecular weight excluding hydrogens is 612 g/mol. The predicted octanol–water partition coefficient (Wildman–Crippen LogP) is 8.54. The molecule has 1 aliphatic heterocycles. The van der Waals surface area contributed by atoms with Crippen LogP contribution >= 0.6 is 0 Å². The fraction of sp³-hybridized carbons (Fsp3) is 0.651. The van der Waals surface area contributed by atoms with E-state index in [1.54, 1.807) is 0 Å². The summed E-state index contributed by atoms with van der Waals surface area (Å²) >= 11 is 0. The highest BCUT2D eigenvalue weighted by molar-refractivity contribution is 5.84.